The maximum atomic E-state index is 14.1. The van der Waals surface area contributed by atoms with E-state index in [0.717, 1.165) is 26.3 Å². The number of likely N-dealkylation sites (tertiary alicyclic amines) is 1. The molecule has 18 heavy (non-hydrogen) atoms. The second kappa shape index (κ2) is 4.68. The van der Waals surface area contributed by atoms with Crippen molar-refractivity contribution in [2.75, 3.05) is 33.4 Å². The van der Waals surface area contributed by atoms with Crippen LogP contribution >= 0.6 is 11.6 Å². The van der Waals surface area contributed by atoms with Gasteiger partial charge >= 0.3 is 0 Å². The molecule has 0 aromatic heterocycles. The van der Waals surface area contributed by atoms with Crippen molar-refractivity contribution in [3.05, 3.63) is 28.5 Å². The standard InChI is InChI=1S/C13H14ClFNO2/c1-17-11-3-2-10(14)13(15)12(11)8-4-16(5-8)9-6-18-7-9/h2,8-9H,4-7H2,1H3. The van der Waals surface area contributed by atoms with Crippen LogP contribution in [0.15, 0.2) is 6.07 Å². The lowest BCUT2D eigenvalue weighted by atomic mass is 9.88. The third kappa shape index (κ3) is 1.88. The van der Waals surface area contributed by atoms with E-state index in [-0.39, 0.29) is 16.8 Å². The molecule has 0 bridgehead atoms. The topological polar surface area (TPSA) is 21.7 Å². The quantitative estimate of drug-likeness (QED) is 0.839. The van der Waals surface area contributed by atoms with Crippen molar-refractivity contribution in [1.29, 1.82) is 0 Å². The lowest BCUT2D eigenvalue weighted by molar-refractivity contribution is -0.0910. The Morgan fingerprint density at radius 2 is 2.22 bits per heavy atom. The first-order valence-corrected chi connectivity index (χ1v) is 6.34. The van der Waals surface area contributed by atoms with Gasteiger partial charge in [0, 0.05) is 30.6 Å². The summed E-state index contributed by atoms with van der Waals surface area (Å²) in [6, 6.07) is 4.79. The van der Waals surface area contributed by atoms with Crippen molar-refractivity contribution >= 4 is 11.6 Å². The molecule has 3 nitrogen and oxygen atoms in total. The molecule has 3 rings (SSSR count). The normalized spacial score (nSPS) is 21.5. The van der Waals surface area contributed by atoms with E-state index in [1.165, 1.54) is 13.2 Å². The first kappa shape index (κ1) is 12.2. The molecule has 0 amide bonds. The molecular formula is C13H14ClFNO2. The van der Waals surface area contributed by atoms with Crippen LogP contribution in [0.25, 0.3) is 0 Å². The third-order valence-electron chi connectivity index (χ3n) is 3.68. The fraction of sp³-hybridized carbons (Fsp3) is 0.538. The van der Waals surface area contributed by atoms with E-state index < -0.39 is 0 Å². The largest absolute Gasteiger partial charge is 0.496 e. The Kier molecular flexibility index (Phi) is 3.18. The molecule has 1 aromatic rings. The summed E-state index contributed by atoms with van der Waals surface area (Å²) in [6.07, 6.45) is 0. The molecule has 2 heterocycles. The fourth-order valence-electron chi connectivity index (χ4n) is 2.46. The van der Waals surface area contributed by atoms with Crippen molar-refractivity contribution < 1.29 is 13.9 Å². The predicted octanol–water partition coefficient (Wildman–Crippen LogP) is 2.09. The minimum absolute atomic E-state index is 0.108. The van der Waals surface area contributed by atoms with Gasteiger partial charge in [-0.05, 0) is 6.07 Å². The maximum Gasteiger partial charge on any atom is 0.149 e. The summed E-state index contributed by atoms with van der Waals surface area (Å²) in [6.45, 7) is 3.23. The van der Waals surface area contributed by atoms with Crippen molar-refractivity contribution in [2.24, 2.45) is 0 Å². The highest BCUT2D eigenvalue weighted by Crippen LogP contribution is 2.39. The number of nitrogens with zero attached hydrogens (tertiary/aromatic N) is 1. The summed E-state index contributed by atoms with van der Waals surface area (Å²) in [4.78, 5) is 2.30. The second-order valence-corrected chi connectivity index (χ2v) is 5.15. The Morgan fingerprint density at radius 3 is 2.78 bits per heavy atom. The van der Waals surface area contributed by atoms with Crippen molar-refractivity contribution in [3.63, 3.8) is 0 Å². The summed E-state index contributed by atoms with van der Waals surface area (Å²) in [5.41, 5.74) is 0.557. The average molecular weight is 271 g/mol. The molecule has 2 aliphatic rings. The van der Waals surface area contributed by atoms with Crippen molar-refractivity contribution in [1.82, 2.24) is 4.90 Å². The van der Waals surface area contributed by atoms with E-state index in [1.807, 2.05) is 0 Å². The molecule has 0 unspecified atom stereocenters. The molecule has 0 aliphatic carbocycles. The molecule has 0 N–H and O–H groups in total. The summed E-state index contributed by atoms with van der Waals surface area (Å²) in [5, 5.41) is 0.108. The first-order valence-electron chi connectivity index (χ1n) is 5.96. The molecule has 97 valence electrons. The molecule has 2 fully saturated rings. The van der Waals surface area contributed by atoms with Crippen LogP contribution in [0.2, 0.25) is 5.02 Å². The van der Waals surface area contributed by atoms with Crippen LogP contribution in [0.1, 0.15) is 11.5 Å². The molecule has 0 atom stereocenters. The first-order chi connectivity index (χ1) is 8.70. The number of methoxy groups -OCH3 is 1. The Hall–Kier alpha value is -0.840. The van der Waals surface area contributed by atoms with Gasteiger partial charge in [-0.15, -0.1) is 0 Å². The lowest BCUT2D eigenvalue weighted by Crippen LogP contribution is -2.58. The lowest BCUT2D eigenvalue weighted by Gasteiger charge is -2.47. The SMILES string of the molecule is COc1[c]cc(Cl)c(F)c1C1CN(C2COC2)C1. The highest BCUT2D eigenvalue weighted by Gasteiger charge is 2.39. The van der Waals surface area contributed by atoms with Crippen molar-refractivity contribution in [3.8, 4) is 5.75 Å². The van der Waals surface area contributed by atoms with Gasteiger partial charge < -0.3 is 9.47 Å². The molecule has 2 aliphatic heterocycles. The van der Waals surface area contributed by atoms with Gasteiger partial charge in [0.25, 0.3) is 0 Å². The summed E-state index contributed by atoms with van der Waals surface area (Å²) in [7, 11) is 1.53. The van der Waals surface area contributed by atoms with E-state index in [0.29, 0.717) is 17.4 Å². The number of hydrogen-bond acceptors (Lipinski definition) is 3. The summed E-state index contributed by atoms with van der Waals surface area (Å²) >= 11 is 5.81. The summed E-state index contributed by atoms with van der Waals surface area (Å²) < 4.78 is 24.4. The van der Waals surface area contributed by atoms with Crippen molar-refractivity contribution in [2.45, 2.75) is 12.0 Å². The van der Waals surface area contributed by atoms with Crippen LogP contribution in [0.5, 0.6) is 5.75 Å². The predicted molar refractivity (Wildman–Crippen MR) is 65.7 cm³/mol. The molecule has 1 radical (unpaired) electrons. The number of benzene rings is 1. The van der Waals surface area contributed by atoms with Gasteiger partial charge in [-0.3, -0.25) is 4.90 Å². The summed E-state index contributed by atoms with van der Waals surface area (Å²) in [5.74, 6) is 0.226. The minimum atomic E-state index is -0.373. The Morgan fingerprint density at radius 1 is 1.50 bits per heavy atom. The van der Waals surface area contributed by atoms with E-state index in [1.54, 1.807) is 0 Å². The number of rotatable bonds is 3. The molecule has 2 saturated heterocycles. The van der Waals surface area contributed by atoms with Gasteiger partial charge in [0.15, 0.2) is 0 Å². The number of halogens is 2. The zero-order valence-corrected chi connectivity index (χ0v) is 10.8. The van der Waals surface area contributed by atoms with Crippen LogP contribution < -0.4 is 4.74 Å². The van der Waals surface area contributed by atoms with Crippen LogP contribution in [-0.2, 0) is 4.74 Å². The number of hydrogen-bond donors (Lipinski definition) is 0. The number of ether oxygens (including phenoxy) is 2. The molecule has 0 spiro atoms. The van der Waals surface area contributed by atoms with E-state index in [9.17, 15) is 4.39 Å². The Balaban J connectivity index is 1.78. The molecule has 5 heteroatoms. The van der Waals surface area contributed by atoms with Gasteiger partial charge in [0.05, 0.1) is 31.4 Å². The van der Waals surface area contributed by atoms with Gasteiger partial charge in [-0.2, -0.15) is 0 Å². The zero-order valence-electron chi connectivity index (χ0n) is 10.1. The van der Waals surface area contributed by atoms with Crippen LogP contribution in [0, 0.1) is 11.9 Å². The molecule has 1 aromatic carbocycles. The van der Waals surface area contributed by atoms with E-state index in [2.05, 4.69) is 11.0 Å². The highest BCUT2D eigenvalue weighted by molar-refractivity contribution is 6.30. The highest BCUT2D eigenvalue weighted by atomic mass is 35.5. The second-order valence-electron chi connectivity index (χ2n) is 4.74. The third-order valence-corrected chi connectivity index (χ3v) is 3.95. The smallest absolute Gasteiger partial charge is 0.149 e. The van der Waals surface area contributed by atoms with Gasteiger partial charge in [-0.25, -0.2) is 4.39 Å². The monoisotopic (exact) mass is 270 g/mol. The van der Waals surface area contributed by atoms with E-state index in [4.69, 9.17) is 21.1 Å². The Bertz CT molecular complexity index is 459. The fourth-order valence-corrected chi connectivity index (χ4v) is 2.62. The molecule has 0 saturated carbocycles. The zero-order chi connectivity index (χ0) is 12.7. The Labute approximate surface area is 110 Å². The maximum absolute atomic E-state index is 14.1. The van der Waals surface area contributed by atoms with Gasteiger partial charge in [0.1, 0.15) is 11.6 Å². The average Bonchev–Trinajstić information content (AvgIpc) is 2.25. The minimum Gasteiger partial charge on any atom is -0.496 e. The van der Waals surface area contributed by atoms with Gasteiger partial charge in [-0.1, -0.05) is 11.6 Å². The molecular weight excluding hydrogens is 257 g/mol. The van der Waals surface area contributed by atoms with Crippen LogP contribution in [0.4, 0.5) is 4.39 Å². The van der Waals surface area contributed by atoms with Crippen LogP contribution in [0.3, 0.4) is 0 Å². The van der Waals surface area contributed by atoms with Gasteiger partial charge in [0.2, 0.25) is 0 Å². The van der Waals surface area contributed by atoms with Crippen LogP contribution in [-0.4, -0.2) is 44.4 Å². The van der Waals surface area contributed by atoms with E-state index >= 15 is 0 Å².